The van der Waals surface area contributed by atoms with Gasteiger partial charge in [0.05, 0.1) is 38.6 Å². The Kier molecular flexibility index (Phi) is 54.1. The Balaban J connectivity index is 1.37. The van der Waals surface area contributed by atoms with Gasteiger partial charge in [-0.2, -0.15) is 0 Å². The molecule has 96 heavy (non-hydrogen) atoms. The van der Waals surface area contributed by atoms with Crippen molar-refractivity contribution in [3.8, 4) is 0 Å². The molecule has 3 aliphatic rings. The number of unbranched alkanes of at least 4 members (excludes halogenated alkanes) is 45. The maximum Gasteiger partial charge on any atom is 0.220 e. The molecule has 0 aliphatic carbocycles. The molecule has 0 aromatic heterocycles. The zero-order valence-electron chi connectivity index (χ0n) is 60.4. The number of ether oxygens (including phenoxy) is 6. The molecule has 0 spiro atoms. The molecule has 3 rings (SSSR count). The molecule has 19 heteroatoms. The van der Waals surface area contributed by atoms with Gasteiger partial charge in [0, 0.05) is 6.42 Å². The van der Waals surface area contributed by atoms with Crippen LogP contribution in [-0.2, 0) is 33.2 Å². The molecule has 17 atom stereocenters. The lowest BCUT2D eigenvalue weighted by molar-refractivity contribution is -0.379. The molecular formula is C77H145NO18. The molecule has 1 amide bonds. The minimum Gasteiger partial charge on any atom is -0.394 e. The first-order chi connectivity index (χ1) is 46.8. The zero-order valence-corrected chi connectivity index (χ0v) is 60.4. The van der Waals surface area contributed by atoms with Crippen molar-refractivity contribution in [1.29, 1.82) is 0 Å². The second kappa shape index (κ2) is 58.7. The van der Waals surface area contributed by atoms with Crippen LogP contribution < -0.4 is 5.32 Å². The van der Waals surface area contributed by atoms with Crippen LogP contribution in [0.3, 0.4) is 0 Å². The monoisotopic (exact) mass is 1370 g/mol. The molecule has 3 heterocycles. The molecule has 3 saturated heterocycles. The predicted molar refractivity (Wildman–Crippen MR) is 379 cm³/mol. The lowest BCUT2D eigenvalue weighted by Gasteiger charge is -2.48. The van der Waals surface area contributed by atoms with Gasteiger partial charge in [-0.3, -0.25) is 4.79 Å². The Labute approximate surface area is 581 Å². The van der Waals surface area contributed by atoms with Crippen molar-refractivity contribution in [3.63, 3.8) is 0 Å². The van der Waals surface area contributed by atoms with Gasteiger partial charge in [0.2, 0.25) is 5.91 Å². The van der Waals surface area contributed by atoms with Crippen LogP contribution in [0.1, 0.15) is 328 Å². The van der Waals surface area contributed by atoms with Crippen LogP contribution in [0.15, 0.2) is 24.3 Å². The van der Waals surface area contributed by atoms with Gasteiger partial charge in [-0.1, -0.05) is 301 Å². The predicted octanol–water partition coefficient (Wildman–Crippen LogP) is 12.6. The second-order valence-electron chi connectivity index (χ2n) is 28.5. The minimum absolute atomic E-state index is 0.248. The largest absolute Gasteiger partial charge is 0.394 e. The lowest BCUT2D eigenvalue weighted by atomic mass is 9.96. The molecular weight excluding hydrogens is 1230 g/mol. The Bertz CT molecular complexity index is 1830. The van der Waals surface area contributed by atoms with E-state index in [0.29, 0.717) is 6.42 Å². The summed E-state index contributed by atoms with van der Waals surface area (Å²) in [6, 6.07) is -0.971. The smallest absolute Gasteiger partial charge is 0.220 e. The fraction of sp³-hybridized carbons (Fsp3) is 0.935. The van der Waals surface area contributed by atoms with Crippen LogP contribution in [0.4, 0.5) is 0 Å². The molecule has 0 aromatic carbocycles. The van der Waals surface area contributed by atoms with E-state index in [1.165, 1.54) is 257 Å². The van der Waals surface area contributed by atoms with E-state index in [2.05, 4.69) is 31.3 Å². The zero-order chi connectivity index (χ0) is 69.6. The third-order valence-electron chi connectivity index (χ3n) is 20.0. The molecule has 12 N–H and O–H groups in total. The Morgan fingerprint density at radius 2 is 0.656 bits per heavy atom. The van der Waals surface area contributed by atoms with E-state index in [9.17, 15) is 61.0 Å². The van der Waals surface area contributed by atoms with Crippen molar-refractivity contribution in [3.05, 3.63) is 24.3 Å². The summed E-state index contributed by atoms with van der Waals surface area (Å²) in [6.07, 6.45) is 43.1. The Hall–Kier alpha value is -1.73. The van der Waals surface area contributed by atoms with Gasteiger partial charge in [-0.05, 0) is 44.9 Å². The highest BCUT2D eigenvalue weighted by Crippen LogP contribution is 2.33. The summed E-state index contributed by atoms with van der Waals surface area (Å²) in [7, 11) is 0. The van der Waals surface area contributed by atoms with Crippen molar-refractivity contribution in [2.24, 2.45) is 0 Å². The van der Waals surface area contributed by atoms with Crippen LogP contribution in [0.2, 0.25) is 0 Å². The van der Waals surface area contributed by atoms with Crippen LogP contribution in [0.25, 0.3) is 0 Å². The molecule has 3 aliphatic heterocycles. The van der Waals surface area contributed by atoms with Crippen LogP contribution in [0, 0.1) is 0 Å². The number of amides is 1. The molecule has 3 fully saturated rings. The second-order valence-corrected chi connectivity index (χ2v) is 28.5. The fourth-order valence-corrected chi connectivity index (χ4v) is 13.6. The molecule has 566 valence electrons. The molecule has 0 bridgehead atoms. The van der Waals surface area contributed by atoms with Crippen molar-refractivity contribution in [2.45, 2.75) is 433 Å². The molecule has 0 saturated carbocycles. The van der Waals surface area contributed by atoms with E-state index in [1.807, 2.05) is 6.08 Å². The highest BCUT2D eigenvalue weighted by atomic mass is 16.8. The normalized spacial score (nSPS) is 27.1. The average Bonchev–Trinajstić information content (AvgIpc) is 0.786. The van der Waals surface area contributed by atoms with Crippen molar-refractivity contribution < 1.29 is 89.4 Å². The van der Waals surface area contributed by atoms with Gasteiger partial charge in [0.25, 0.3) is 0 Å². The minimum atomic E-state index is -1.98. The Morgan fingerprint density at radius 1 is 0.365 bits per heavy atom. The first-order valence-electron chi connectivity index (χ1n) is 39.6. The van der Waals surface area contributed by atoms with E-state index >= 15 is 0 Å². The van der Waals surface area contributed by atoms with Crippen LogP contribution in [-0.4, -0.2) is 193 Å². The van der Waals surface area contributed by atoms with E-state index < -0.39 is 124 Å². The number of carbonyl (C=O) groups excluding carboxylic acids is 1. The van der Waals surface area contributed by atoms with E-state index in [-0.39, 0.29) is 18.9 Å². The van der Waals surface area contributed by atoms with E-state index in [1.54, 1.807) is 6.08 Å². The number of allylic oxidation sites excluding steroid dienone is 3. The van der Waals surface area contributed by atoms with Crippen LogP contribution in [0.5, 0.6) is 0 Å². The number of aliphatic hydroxyl groups excluding tert-OH is 11. The van der Waals surface area contributed by atoms with E-state index in [4.69, 9.17) is 28.4 Å². The fourth-order valence-electron chi connectivity index (χ4n) is 13.6. The summed E-state index contributed by atoms with van der Waals surface area (Å²) in [4.78, 5) is 13.5. The number of rotatable bonds is 63. The summed E-state index contributed by atoms with van der Waals surface area (Å²) in [6.45, 7) is 1.79. The Morgan fingerprint density at radius 3 is 1.01 bits per heavy atom. The SMILES string of the molecule is CCCCCCCCCC/C=C\CCCCCCCCCCCCCCCCCCCCCC(=O)NC(COC1OC(CO)C(OC2OC(CO)C(OC3OC(CO)C(O)C(O)C3O)C(O)C2O)C(O)C1O)C(O)/C=C/CCCCCCCCCCCCCCCCCCCC. The molecule has 0 aromatic rings. The third kappa shape index (κ3) is 39.1. The highest BCUT2D eigenvalue weighted by Gasteiger charge is 2.53. The summed E-state index contributed by atoms with van der Waals surface area (Å²) in [5, 5.41) is 121. The lowest BCUT2D eigenvalue weighted by Crippen LogP contribution is -2.66. The highest BCUT2D eigenvalue weighted by molar-refractivity contribution is 5.76. The number of hydrogen-bond donors (Lipinski definition) is 12. The summed E-state index contributed by atoms with van der Waals surface area (Å²) >= 11 is 0. The van der Waals surface area contributed by atoms with Crippen molar-refractivity contribution >= 4 is 5.91 Å². The van der Waals surface area contributed by atoms with Gasteiger partial charge in [0.15, 0.2) is 18.9 Å². The van der Waals surface area contributed by atoms with Crippen LogP contribution >= 0.6 is 0 Å². The quantitative estimate of drug-likeness (QED) is 0.0199. The topological polar surface area (TPSA) is 307 Å². The molecule has 0 radical (unpaired) electrons. The maximum absolute atomic E-state index is 13.5. The average molecular weight is 1370 g/mol. The first-order valence-corrected chi connectivity index (χ1v) is 39.6. The van der Waals surface area contributed by atoms with Gasteiger partial charge >= 0.3 is 0 Å². The maximum atomic E-state index is 13.5. The van der Waals surface area contributed by atoms with Gasteiger partial charge in [-0.15, -0.1) is 0 Å². The third-order valence-corrected chi connectivity index (χ3v) is 20.0. The standard InChI is InChI=1S/C77H145NO18/c1-3-5-7-9-11-13-15-17-19-21-23-25-26-27-28-29-30-31-32-33-34-35-37-39-41-43-45-47-49-51-53-55-65(83)78-60(61(82)54-52-50-48-46-44-42-40-38-36-24-22-20-18-16-14-12-10-8-6-4-2)59-91-75-71(89)68(86)73(63(57-80)93-75)96-77-72(90)69(87)74(64(58-81)94-77)95-76-70(88)67(85)66(84)62(56-79)92-76/h21,23,52,54,60-64,66-77,79-82,84-90H,3-20,22,24-51,53,55-59H2,1-2H3,(H,78,83)/b23-21-,54-52+. The van der Waals surface area contributed by atoms with Crippen molar-refractivity contribution in [2.75, 3.05) is 26.4 Å². The van der Waals surface area contributed by atoms with Crippen molar-refractivity contribution in [1.82, 2.24) is 5.32 Å². The number of hydrogen-bond acceptors (Lipinski definition) is 18. The summed E-state index contributed by atoms with van der Waals surface area (Å²) < 4.78 is 34.4. The number of nitrogens with one attached hydrogen (secondary N) is 1. The summed E-state index contributed by atoms with van der Waals surface area (Å²) in [5.74, 6) is -0.268. The number of carbonyl (C=O) groups is 1. The molecule has 17 unspecified atom stereocenters. The van der Waals surface area contributed by atoms with E-state index in [0.717, 1.165) is 44.9 Å². The first kappa shape index (κ1) is 88.5. The van der Waals surface area contributed by atoms with Gasteiger partial charge < -0.3 is 89.9 Å². The number of aliphatic hydroxyl groups is 11. The van der Waals surface area contributed by atoms with Gasteiger partial charge in [0.1, 0.15) is 73.2 Å². The molecule has 19 nitrogen and oxygen atoms in total. The summed E-state index contributed by atoms with van der Waals surface area (Å²) in [5.41, 5.74) is 0. The van der Waals surface area contributed by atoms with Gasteiger partial charge in [-0.25, -0.2) is 0 Å².